The lowest BCUT2D eigenvalue weighted by Crippen LogP contribution is -2.00. The second-order valence-corrected chi connectivity index (χ2v) is 10.9. The van der Waals surface area contributed by atoms with Crippen molar-refractivity contribution in [1.29, 1.82) is 0 Å². The van der Waals surface area contributed by atoms with Gasteiger partial charge >= 0.3 is 0 Å². The first-order valence-corrected chi connectivity index (χ1v) is 12.8. The normalized spacial score (nSPS) is 13.2. The van der Waals surface area contributed by atoms with E-state index < -0.39 is 0 Å². The topological polar surface area (TPSA) is 18.5 Å². The van der Waals surface area contributed by atoms with Crippen LogP contribution in [0.5, 0.6) is 11.5 Å². The Morgan fingerprint density at radius 3 is 2.53 bits per heavy atom. The van der Waals surface area contributed by atoms with E-state index in [1.165, 1.54) is 35.6 Å². The van der Waals surface area contributed by atoms with Crippen molar-refractivity contribution in [1.82, 2.24) is 0 Å². The van der Waals surface area contributed by atoms with Crippen LogP contribution in [0.3, 0.4) is 0 Å². The smallest absolute Gasteiger partial charge is 0.120 e. The lowest BCUT2D eigenvalue weighted by Gasteiger charge is -2.21. The summed E-state index contributed by atoms with van der Waals surface area (Å²) in [5, 5.41) is 0. The molecule has 0 saturated carbocycles. The molecule has 1 aliphatic rings. The maximum atomic E-state index is 6.13. The van der Waals surface area contributed by atoms with Crippen LogP contribution in [0.2, 0.25) is 0 Å². The van der Waals surface area contributed by atoms with Gasteiger partial charge in [0.2, 0.25) is 0 Å². The van der Waals surface area contributed by atoms with Crippen LogP contribution in [0, 0.1) is 6.92 Å². The summed E-state index contributed by atoms with van der Waals surface area (Å²) in [6.45, 7) is 2.70. The van der Waals surface area contributed by atoms with Crippen LogP contribution in [-0.2, 0) is 18.1 Å². The third-order valence-corrected chi connectivity index (χ3v) is 8.96. The van der Waals surface area contributed by atoms with Crippen LogP contribution in [0.15, 0.2) is 69.6 Å². The Kier molecular flexibility index (Phi) is 7.33. The quantitative estimate of drug-likeness (QED) is 0.281. The molecule has 1 heterocycles. The molecule has 0 fully saturated rings. The maximum absolute atomic E-state index is 6.13. The molecule has 3 aromatic rings. The van der Waals surface area contributed by atoms with Gasteiger partial charge < -0.3 is 9.47 Å². The Morgan fingerprint density at radius 2 is 1.77 bits per heavy atom. The molecule has 2 nitrogen and oxygen atoms in total. The van der Waals surface area contributed by atoms with Crippen molar-refractivity contribution in [2.24, 2.45) is 0 Å². The second kappa shape index (κ2) is 10.2. The molecule has 0 aliphatic carbocycles. The summed E-state index contributed by atoms with van der Waals surface area (Å²) in [7, 11) is 1.70. The van der Waals surface area contributed by atoms with Crippen molar-refractivity contribution in [2.45, 2.75) is 25.0 Å². The second-order valence-electron chi connectivity index (χ2n) is 7.12. The van der Waals surface area contributed by atoms with E-state index in [0.717, 1.165) is 23.0 Å². The Morgan fingerprint density at radius 1 is 0.967 bits per heavy atom. The van der Waals surface area contributed by atoms with Crippen LogP contribution in [0.25, 0.3) is 4.91 Å². The zero-order valence-corrected chi connectivity index (χ0v) is 20.8. The fourth-order valence-corrected chi connectivity index (χ4v) is 6.59. The molecule has 1 aliphatic heterocycles. The van der Waals surface area contributed by atoms with E-state index in [1.54, 1.807) is 7.11 Å². The highest BCUT2D eigenvalue weighted by Crippen LogP contribution is 2.48. The number of aryl methyl sites for hydroxylation is 1. The third kappa shape index (κ3) is 5.37. The summed E-state index contributed by atoms with van der Waals surface area (Å²) in [5.74, 6) is 3.76. The summed E-state index contributed by atoms with van der Waals surface area (Å²) in [4.78, 5) is 1.35. The zero-order chi connectivity index (χ0) is 20.9. The van der Waals surface area contributed by atoms with E-state index in [1.807, 2.05) is 35.7 Å². The van der Waals surface area contributed by atoms with E-state index in [4.69, 9.17) is 9.47 Å². The number of fused-ring (bicyclic) bond motifs is 1. The summed E-state index contributed by atoms with van der Waals surface area (Å²) in [6, 6.07) is 23.3. The number of hydrogen-bond acceptors (Lipinski definition) is 4. The molecule has 0 unspecified atom stereocenters. The van der Waals surface area contributed by atoms with E-state index in [0.29, 0.717) is 6.61 Å². The predicted octanol–water partition coefficient (Wildman–Crippen LogP) is 7.82. The molecule has 0 N–H and O–H groups in total. The molecule has 0 radical (unpaired) electrons. The van der Waals surface area contributed by atoms with Crippen LogP contribution < -0.4 is 9.47 Å². The first-order valence-electron chi connectivity index (χ1n) is 9.72. The van der Waals surface area contributed by atoms with Gasteiger partial charge in [0, 0.05) is 16.4 Å². The number of ether oxygens (including phenoxy) is 2. The fraction of sp³-hybridized carbons (Fsp3) is 0.200. The van der Waals surface area contributed by atoms with Crippen LogP contribution in [0.1, 0.15) is 27.8 Å². The highest BCUT2D eigenvalue weighted by Gasteiger charge is 2.19. The van der Waals surface area contributed by atoms with Crippen molar-refractivity contribution in [2.75, 3.05) is 7.11 Å². The molecule has 0 amide bonds. The van der Waals surface area contributed by atoms with Crippen molar-refractivity contribution < 1.29 is 9.47 Å². The van der Waals surface area contributed by atoms with Gasteiger partial charge in [-0.15, -0.1) is 23.5 Å². The molecule has 4 rings (SSSR count). The minimum absolute atomic E-state index is 0.588. The molecule has 5 heteroatoms. The molecule has 0 aromatic heterocycles. The first-order chi connectivity index (χ1) is 14.6. The van der Waals surface area contributed by atoms with Gasteiger partial charge in [0.1, 0.15) is 18.1 Å². The molecule has 30 heavy (non-hydrogen) atoms. The van der Waals surface area contributed by atoms with E-state index in [-0.39, 0.29) is 0 Å². The summed E-state index contributed by atoms with van der Waals surface area (Å²) in [5.41, 5.74) is 6.43. The summed E-state index contributed by atoms with van der Waals surface area (Å²) >= 11 is 6.28. The van der Waals surface area contributed by atoms with Gasteiger partial charge in [0.05, 0.1) is 10.0 Å². The summed E-state index contributed by atoms with van der Waals surface area (Å²) in [6.07, 6.45) is 0. The Labute approximate surface area is 200 Å². The van der Waals surface area contributed by atoms with Gasteiger partial charge in [-0.1, -0.05) is 48.0 Å². The molecule has 0 spiro atoms. The lowest BCUT2D eigenvalue weighted by atomic mass is 10.1. The molecule has 3 aromatic carbocycles. The number of methoxy groups -OCH3 is 1. The first kappa shape index (κ1) is 21.7. The van der Waals surface area contributed by atoms with Crippen molar-refractivity contribution >= 4 is 51.0 Å². The number of rotatable bonds is 7. The molecule has 154 valence electrons. The van der Waals surface area contributed by atoms with Gasteiger partial charge in [0.25, 0.3) is 0 Å². The minimum Gasteiger partial charge on any atom is -0.497 e. The van der Waals surface area contributed by atoms with Gasteiger partial charge in [-0.3, -0.25) is 0 Å². The van der Waals surface area contributed by atoms with E-state index in [9.17, 15) is 0 Å². The number of benzene rings is 3. The van der Waals surface area contributed by atoms with E-state index >= 15 is 0 Å². The molecular formula is C25H23IO2S2. The van der Waals surface area contributed by atoms with Gasteiger partial charge in [-0.25, -0.2) is 0 Å². The SMILES string of the molecule is COc1ccc(CSC2=C(I)SCc3ccc(OCc4cccc(C)c4)cc32)cc1. The lowest BCUT2D eigenvalue weighted by molar-refractivity contribution is 0.306. The molecule has 0 saturated heterocycles. The summed E-state index contributed by atoms with van der Waals surface area (Å²) < 4.78 is 12.8. The number of thioether (sulfide) groups is 2. The zero-order valence-electron chi connectivity index (χ0n) is 17.0. The van der Waals surface area contributed by atoms with Gasteiger partial charge in [0.15, 0.2) is 0 Å². The van der Waals surface area contributed by atoms with Crippen molar-refractivity contribution in [3.05, 3.63) is 97.5 Å². The minimum atomic E-state index is 0.588. The fourth-order valence-electron chi connectivity index (χ4n) is 3.28. The van der Waals surface area contributed by atoms with Crippen molar-refractivity contribution in [3.63, 3.8) is 0 Å². The molecular weight excluding hydrogens is 523 g/mol. The largest absolute Gasteiger partial charge is 0.497 e. The van der Waals surface area contributed by atoms with Crippen LogP contribution in [-0.4, -0.2) is 7.11 Å². The molecule has 0 bridgehead atoms. The Bertz CT molecular complexity index is 1060. The number of halogens is 1. The van der Waals surface area contributed by atoms with Crippen molar-refractivity contribution in [3.8, 4) is 11.5 Å². The highest BCUT2D eigenvalue weighted by molar-refractivity contribution is 14.1. The standard InChI is InChI=1S/C25H23IO2S2/c1-17-4-3-5-19(12-17)14-28-22-11-8-20-16-30-25(26)24(23(20)13-22)29-15-18-6-9-21(27-2)10-7-18/h3-13H,14-16H2,1-2H3. The predicted molar refractivity (Wildman–Crippen MR) is 138 cm³/mol. The average molecular weight is 546 g/mol. The Balaban J connectivity index is 1.49. The Hall–Kier alpha value is -1.57. The highest BCUT2D eigenvalue weighted by atomic mass is 127. The average Bonchev–Trinajstić information content (AvgIpc) is 2.77. The maximum Gasteiger partial charge on any atom is 0.120 e. The van der Waals surface area contributed by atoms with Crippen LogP contribution >= 0.6 is 46.1 Å². The molecule has 0 atom stereocenters. The van der Waals surface area contributed by atoms with E-state index in [2.05, 4.69) is 84.1 Å². The third-order valence-electron chi connectivity index (χ3n) is 4.89. The van der Waals surface area contributed by atoms with Gasteiger partial charge in [-0.05, 0) is 76.0 Å². The van der Waals surface area contributed by atoms with Gasteiger partial charge in [-0.2, -0.15) is 0 Å². The monoisotopic (exact) mass is 546 g/mol. The number of hydrogen-bond donors (Lipinski definition) is 0. The van der Waals surface area contributed by atoms with Crippen LogP contribution in [0.4, 0.5) is 0 Å².